The van der Waals surface area contributed by atoms with Gasteiger partial charge in [-0.3, -0.25) is 0 Å². The van der Waals surface area contributed by atoms with E-state index in [1.165, 1.54) is 0 Å². The number of hydrogen-bond acceptors (Lipinski definition) is 4. The minimum absolute atomic E-state index is 0.249. The quantitative estimate of drug-likeness (QED) is 0.453. The van der Waals surface area contributed by atoms with E-state index in [1.54, 1.807) is 12.2 Å². The summed E-state index contributed by atoms with van der Waals surface area (Å²) in [5.74, 6) is 1.01. The standard InChI is InChI=1S/C16H16O4/c1-3-5-13(20-16(17)4-2)8-6-12-7-9-14-15(10-12)19-11-18-14/h3-4,6-10,13H,1-2,5,11H2/b8-6+. The molecular weight excluding hydrogens is 256 g/mol. The van der Waals surface area contributed by atoms with Crippen molar-refractivity contribution in [3.05, 3.63) is 55.1 Å². The van der Waals surface area contributed by atoms with Gasteiger partial charge in [0.25, 0.3) is 0 Å². The predicted octanol–water partition coefficient (Wildman–Crippen LogP) is 3.10. The number of carbonyl (C=O) groups is 1. The van der Waals surface area contributed by atoms with Gasteiger partial charge in [0.1, 0.15) is 6.10 Å². The summed E-state index contributed by atoms with van der Waals surface area (Å²) in [7, 11) is 0. The van der Waals surface area contributed by atoms with Crippen LogP contribution < -0.4 is 9.47 Å². The molecule has 1 aliphatic rings. The maximum absolute atomic E-state index is 11.2. The van der Waals surface area contributed by atoms with Crippen LogP contribution in [0.25, 0.3) is 6.08 Å². The third-order valence-corrected chi connectivity index (χ3v) is 2.73. The van der Waals surface area contributed by atoms with Gasteiger partial charge in [-0.25, -0.2) is 4.79 Å². The van der Waals surface area contributed by atoms with Gasteiger partial charge in [0.2, 0.25) is 6.79 Å². The van der Waals surface area contributed by atoms with Gasteiger partial charge in [0.05, 0.1) is 0 Å². The Morgan fingerprint density at radius 2 is 2.15 bits per heavy atom. The molecule has 20 heavy (non-hydrogen) atoms. The van der Waals surface area contributed by atoms with Crippen molar-refractivity contribution in [3.63, 3.8) is 0 Å². The van der Waals surface area contributed by atoms with Crippen LogP contribution in [-0.4, -0.2) is 18.9 Å². The zero-order valence-corrected chi connectivity index (χ0v) is 11.1. The monoisotopic (exact) mass is 272 g/mol. The highest BCUT2D eigenvalue weighted by molar-refractivity contribution is 5.81. The fourth-order valence-corrected chi connectivity index (χ4v) is 1.76. The topological polar surface area (TPSA) is 44.8 Å². The first-order valence-corrected chi connectivity index (χ1v) is 6.24. The van der Waals surface area contributed by atoms with E-state index in [-0.39, 0.29) is 12.9 Å². The first-order valence-electron chi connectivity index (χ1n) is 6.24. The Hall–Kier alpha value is -2.49. The van der Waals surface area contributed by atoms with E-state index >= 15 is 0 Å². The molecule has 2 rings (SSSR count). The number of carbonyl (C=O) groups excluding carboxylic acids is 1. The Morgan fingerprint density at radius 1 is 1.35 bits per heavy atom. The van der Waals surface area contributed by atoms with Gasteiger partial charge in [-0.1, -0.05) is 24.8 Å². The predicted molar refractivity (Wildman–Crippen MR) is 76.5 cm³/mol. The number of hydrogen-bond donors (Lipinski definition) is 0. The average molecular weight is 272 g/mol. The lowest BCUT2D eigenvalue weighted by atomic mass is 10.1. The van der Waals surface area contributed by atoms with Crippen molar-refractivity contribution in [1.29, 1.82) is 0 Å². The summed E-state index contributed by atoms with van der Waals surface area (Å²) in [4.78, 5) is 11.2. The first kappa shape index (κ1) is 13.9. The second kappa shape index (κ2) is 6.61. The summed E-state index contributed by atoms with van der Waals surface area (Å²) in [6.07, 6.45) is 6.70. The summed E-state index contributed by atoms with van der Waals surface area (Å²) >= 11 is 0. The maximum atomic E-state index is 11.2. The zero-order chi connectivity index (χ0) is 14.4. The lowest BCUT2D eigenvalue weighted by molar-refractivity contribution is -0.140. The lowest BCUT2D eigenvalue weighted by Crippen LogP contribution is -2.13. The normalized spacial score (nSPS) is 14.0. The maximum Gasteiger partial charge on any atom is 0.330 e. The Balaban J connectivity index is 2.06. The van der Waals surface area contributed by atoms with Gasteiger partial charge in [0, 0.05) is 12.5 Å². The molecule has 1 aromatic carbocycles. The van der Waals surface area contributed by atoms with Crippen LogP contribution in [0.3, 0.4) is 0 Å². The fraction of sp³-hybridized carbons (Fsp3) is 0.188. The van der Waals surface area contributed by atoms with Crippen LogP contribution in [0.4, 0.5) is 0 Å². The van der Waals surface area contributed by atoms with E-state index in [4.69, 9.17) is 14.2 Å². The highest BCUT2D eigenvalue weighted by atomic mass is 16.7. The SMILES string of the molecule is C=CCC(/C=C/c1ccc2c(c1)OCO2)OC(=O)C=C. The third kappa shape index (κ3) is 3.51. The van der Waals surface area contributed by atoms with Gasteiger partial charge >= 0.3 is 5.97 Å². The minimum atomic E-state index is -0.452. The summed E-state index contributed by atoms with van der Waals surface area (Å²) in [5.41, 5.74) is 0.943. The molecular formula is C16H16O4. The third-order valence-electron chi connectivity index (χ3n) is 2.73. The highest BCUT2D eigenvalue weighted by Gasteiger charge is 2.12. The zero-order valence-electron chi connectivity index (χ0n) is 11.1. The molecule has 0 bridgehead atoms. The molecule has 0 saturated carbocycles. The van der Waals surface area contributed by atoms with E-state index in [0.29, 0.717) is 6.42 Å². The molecule has 104 valence electrons. The second-order valence-electron chi connectivity index (χ2n) is 4.18. The number of rotatable bonds is 6. The van der Waals surface area contributed by atoms with E-state index in [9.17, 15) is 4.79 Å². The van der Waals surface area contributed by atoms with Gasteiger partial charge in [-0.05, 0) is 23.8 Å². The Bertz CT molecular complexity index is 545. The van der Waals surface area contributed by atoms with E-state index in [2.05, 4.69) is 13.2 Å². The van der Waals surface area contributed by atoms with Crippen LogP contribution in [0, 0.1) is 0 Å². The van der Waals surface area contributed by atoms with Crippen molar-refractivity contribution in [3.8, 4) is 11.5 Å². The molecule has 1 aromatic rings. The number of ether oxygens (including phenoxy) is 3. The summed E-state index contributed by atoms with van der Waals surface area (Å²) < 4.78 is 15.7. The molecule has 1 heterocycles. The molecule has 0 aliphatic carbocycles. The molecule has 0 radical (unpaired) electrons. The first-order chi connectivity index (χ1) is 9.72. The number of esters is 1. The largest absolute Gasteiger partial charge is 0.455 e. The van der Waals surface area contributed by atoms with Crippen molar-refractivity contribution in [2.24, 2.45) is 0 Å². The molecule has 4 heteroatoms. The van der Waals surface area contributed by atoms with Gasteiger partial charge < -0.3 is 14.2 Å². The molecule has 1 unspecified atom stereocenters. The summed E-state index contributed by atoms with van der Waals surface area (Å²) in [6.45, 7) is 7.27. The smallest absolute Gasteiger partial charge is 0.330 e. The molecule has 0 spiro atoms. The molecule has 0 amide bonds. The Kier molecular flexibility index (Phi) is 4.60. The van der Waals surface area contributed by atoms with Crippen LogP contribution in [0.1, 0.15) is 12.0 Å². The average Bonchev–Trinajstić information content (AvgIpc) is 2.92. The summed E-state index contributed by atoms with van der Waals surface area (Å²) in [6, 6.07) is 5.63. The molecule has 1 aliphatic heterocycles. The Morgan fingerprint density at radius 3 is 2.90 bits per heavy atom. The van der Waals surface area contributed by atoms with Crippen molar-refractivity contribution < 1.29 is 19.0 Å². The van der Waals surface area contributed by atoms with Crippen molar-refractivity contribution in [2.45, 2.75) is 12.5 Å². The second-order valence-corrected chi connectivity index (χ2v) is 4.18. The molecule has 0 aromatic heterocycles. The molecule has 1 atom stereocenters. The molecule has 0 saturated heterocycles. The van der Waals surface area contributed by atoms with E-state index in [0.717, 1.165) is 23.1 Å². The van der Waals surface area contributed by atoms with Gasteiger partial charge in [0.15, 0.2) is 11.5 Å². The van der Waals surface area contributed by atoms with Crippen molar-refractivity contribution in [2.75, 3.05) is 6.79 Å². The van der Waals surface area contributed by atoms with Crippen LogP contribution in [0.15, 0.2) is 49.6 Å². The van der Waals surface area contributed by atoms with Crippen LogP contribution >= 0.6 is 0 Å². The lowest BCUT2D eigenvalue weighted by Gasteiger charge is -2.10. The van der Waals surface area contributed by atoms with E-state index < -0.39 is 5.97 Å². The van der Waals surface area contributed by atoms with Crippen LogP contribution in [0.5, 0.6) is 11.5 Å². The molecule has 0 N–H and O–H groups in total. The van der Waals surface area contributed by atoms with Crippen LogP contribution in [-0.2, 0) is 9.53 Å². The summed E-state index contributed by atoms with van der Waals surface area (Å²) in [5, 5.41) is 0. The molecule has 0 fully saturated rings. The van der Waals surface area contributed by atoms with E-state index in [1.807, 2.05) is 24.3 Å². The number of benzene rings is 1. The number of fused-ring (bicyclic) bond motifs is 1. The highest BCUT2D eigenvalue weighted by Crippen LogP contribution is 2.32. The van der Waals surface area contributed by atoms with Crippen LogP contribution in [0.2, 0.25) is 0 Å². The van der Waals surface area contributed by atoms with Crippen molar-refractivity contribution in [1.82, 2.24) is 0 Å². The van der Waals surface area contributed by atoms with Gasteiger partial charge in [-0.2, -0.15) is 0 Å². The molecule has 4 nitrogen and oxygen atoms in total. The Labute approximate surface area is 118 Å². The van der Waals surface area contributed by atoms with Gasteiger partial charge in [-0.15, -0.1) is 6.58 Å². The van der Waals surface area contributed by atoms with Crippen molar-refractivity contribution >= 4 is 12.0 Å². The minimum Gasteiger partial charge on any atom is -0.455 e. The fourth-order valence-electron chi connectivity index (χ4n) is 1.76.